The summed E-state index contributed by atoms with van der Waals surface area (Å²) < 4.78 is 0. The van der Waals surface area contributed by atoms with Gasteiger partial charge in [-0.25, -0.2) is 0 Å². The van der Waals surface area contributed by atoms with Gasteiger partial charge in [-0.2, -0.15) is 12.6 Å². The third kappa shape index (κ3) is 1.93. The Morgan fingerprint density at radius 3 is 3.00 bits per heavy atom. The minimum absolute atomic E-state index is 0.0344. The minimum atomic E-state index is -0.253. The number of aliphatic hydroxyl groups excluding tert-OH is 1. The smallest absolute Gasteiger partial charge is 0.235 e. The van der Waals surface area contributed by atoms with Crippen molar-refractivity contribution in [1.29, 1.82) is 0 Å². The number of aliphatic hydroxyl groups is 1. The summed E-state index contributed by atoms with van der Waals surface area (Å²) in [6.07, 6.45) is 1.92. The molecule has 70 valence electrons. The van der Waals surface area contributed by atoms with Crippen LogP contribution in [-0.4, -0.2) is 40.4 Å². The van der Waals surface area contributed by atoms with Crippen LogP contribution in [0.15, 0.2) is 0 Å². The minimum Gasteiger partial charge on any atom is -0.394 e. The highest BCUT2D eigenvalue weighted by Crippen LogP contribution is 2.18. The van der Waals surface area contributed by atoms with Gasteiger partial charge in [-0.1, -0.05) is 0 Å². The van der Waals surface area contributed by atoms with Crippen molar-refractivity contribution in [2.75, 3.05) is 13.2 Å². The van der Waals surface area contributed by atoms with Gasteiger partial charge in [-0.15, -0.1) is 0 Å². The summed E-state index contributed by atoms with van der Waals surface area (Å²) in [7, 11) is 0. The number of nitrogens with zero attached hydrogens (tertiary/aromatic N) is 1. The average molecular weight is 189 g/mol. The van der Waals surface area contributed by atoms with E-state index in [0.717, 1.165) is 19.4 Å². The zero-order chi connectivity index (χ0) is 9.14. The molecule has 3 nitrogen and oxygen atoms in total. The number of thiol groups is 1. The first-order valence-electron chi connectivity index (χ1n) is 4.26. The van der Waals surface area contributed by atoms with E-state index in [0.29, 0.717) is 0 Å². The Balaban J connectivity index is 2.55. The summed E-state index contributed by atoms with van der Waals surface area (Å²) in [4.78, 5) is 13.2. The van der Waals surface area contributed by atoms with Crippen LogP contribution in [0, 0.1) is 0 Å². The molecule has 0 aromatic carbocycles. The lowest BCUT2D eigenvalue weighted by molar-refractivity contribution is -0.131. The number of hydrogen-bond donors (Lipinski definition) is 2. The summed E-state index contributed by atoms with van der Waals surface area (Å²) in [6.45, 7) is 2.61. The second-order valence-corrected chi connectivity index (χ2v) is 3.96. The van der Waals surface area contributed by atoms with Gasteiger partial charge >= 0.3 is 0 Å². The van der Waals surface area contributed by atoms with Gasteiger partial charge in [0.05, 0.1) is 17.9 Å². The molecular formula is C8H15NO2S. The molecule has 2 atom stereocenters. The highest BCUT2D eigenvalue weighted by Gasteiger charge is 2.29. The molecule has 4 heteroatoms. The summed E-state index contributed by atoms with van der Waals surface area (Å²) in [5, 5.41) is 8.70. The van der Waals surface area contributed by atoms with Crippen LogP contribution in [0.2, 0.25) is 0 Å². The van der Waals surface area contributed by atoms with Crippen LogP contribution in [0.25, 0.3) is 0 Å². The summed E-state index contributed by atoms with van der Waals surface area (Å²) in [6, 6.07) is 0.0344. The number of amides is 1. The van der Waals surface area contributed by atoms with E-state index in [9.17, 15) is 4.79 Å². The summed E-state index contributed by atoms with van der Waals surface area (Å²) >= 11 is 4.07. The van der Waals surface area contributed by atoms with E-state index in [1.807, 2.05) is 0 Å². The second kappa shape index (κ2) is 4.14. The number of rotatable bonds is 2. The molecule has 0 spiro atoms. The molecule has 0 aromatic rings. The lowest BCUT2D eigenvalue weighted by Gasteiger charge is -2.24. The van der Waals surface area contributed by atoms with Crippen molar-refractivity contribution in [3.8, 4) is 0 Å². The van der Waals surface area contributed by atoms with E-state index in [1.54, 1.807) is 11.8 Å². The SMILES string of the molecule is CC(S)C(=O)N1CCCC1CO. The fourth-order valence-electron chi connectivity index (χ4n) is 1.56. The van der Waals surface area contributed by atoms with Crippen LogP contribution in [0.4, 0.5) is 0 Å². The summed E-state index contributed by atoms with van der Waals surface area (Å²) in [5.41, 5.74) is 0. The Morgan fingerprint density at radius 2 is 2.50 bits per heavy atom. The van der Waals surface area contributed by atoms with Crippen molar-refractivity contribution in [3.05, 3.63) is 0 Å². The number of likely N-dealkylation sites (tertiary alicyclic amines) is 1. The second-order valence-electron chi connectivity index (χ2n) is 3.19. The van der Waals surface area contributed by atoms with Crippen LogP contribution >= 0.6 is 12.6 Å². The van der Waals surface area contributed by atoms with E-state index in [1.165, 1.54) is 0 Å². The molecule has 0 radical (unpaired) electrons. The molecule has 0 aromatic heterocycles. The number of carbonyl (C=O) groups is 1. The maximum atomic E-state index is 11.5. The van der Waals surface area contributed by atoms with Crippen molar-refractivity contribution in [2.45, 2.75) is 31.1 Å². The molecule has 1 fully saturated rings. The van der Waals surface area contributed by atoms with Crippen LogP contribution < -0.4 is 0 Å². The van der Waals surface area contributed by atoms with Crippen LogP contribution in [-0.2, 0) is 4.79 Å². The van der Waals surface area contributed by atoms with Gasteiger partial charge in [0.25, 0.3) is 0 Å². The third-order valence-electron chi connectivity index (χ3n) is 2.23. The summed E-state index contributed by atoms with van der Waals surface area (Å²) in [5.74, 6) is 0.0369. The quantitative estimate of drug-likeness (QED) is 0.613. The predicted octanol–water partition coefficient (Wildman–Crippen LogP) is 0.288. The van der Waals surface area contributed by atoms with Crippen molar-refractivity contribution in [3.63, 3.8) is 0 Å². The van der Waals surface area contributed by atoms with Crippen molar-refractivity contribution in [1.82, 2.24) is 4.90 Å². The fraction of sp³-hybridized carbons (Fsp3) is 0.875. The molecule has 1 aliphatic rings. The Hall–Kier alpha value is -0.220. The standard InChI is InChI=1S/C8H15NO2S/c1-6(12)8(11)9-4-2-3-7(9)5-10/h6-7,10,12H,2-5H2,1H3. The molecule has 1 heterocycles. The molecule has 1 amide bonds. The number of hydrogen-bond acceptors (Lipinski definition) is 3. The van der Waals surface area contributed by atoms with E-state index >= 15 is 0 Å². The number of carbonyl (C=O) groups excluding carboxylic acids is 1. The van der Waals surface area contributed by atoms with Gasteiger partial charge in [-0.3, -0.25) is 4.79 Å². The molecule has 1 saturated heterocycles. The van der Waals surface area contributed by atoms with Crippen molar-refractivity contribution >= 4 is 18.5 Å². The molecule has 1 aliphatic heterocycles. The zero-order valence-electron chi connectivity index (χ0n) is 7.23. The van der Waals surface area contributed by atoms with Gasteiger partial charge in [0.2, 0.25) is 5.91 Å². The van der Waals surface area contributed by atoms with Crippen LogP contribution in [0.1, 0.15) is 19.8 Å². The van der Waals surface area contributed by atoms with E-state index < -0.39 is 0 Å². The predicted molar refractivity (Wildman–Crippen MR) is 50.3 cm³/mol. The Bertz CT molecular complexity index is 172. The Morgan fingerprint density at radius 1 is 1.83 bits per heavy atom. The molecule has 12 heavy (non-hydrogen) atoms. The fourth-order valence-corrected chi connectivity index (χ4v) is 1.70. The van der Waals surface area contributed by atoms with Gasteiger partial charge in [-0.05, 0) is 19.8 Å². The molecular weight excluding hydrogens is 174 g/mol. The van der Waals surface area contributed by atoms with Crippen LogP contribution in [0.3, 0.4) is 0 Å². The highest BCUT2D eigenvalue weighted by molar-refractivity contribution is 7.81. The van der Waals surface area contributed by atoms with Crippen molar-refractivity contribution < 1.29 is 9.90 Å². The first kappa shape index (κ1) is 9.86. The van der Waals surface area contributed by atoms with E-state index in [2.05, 4.69) is 12.6 Å². The lowest BCUT2D eigenvalue weighted by atomic mass is 10.2. The van der Waals surface area contributed by atoms with Gasteiger partial charge < -0.3 is 10.0 Å². The first-order chi connectivity index (χ1) is 5.66. The molecule has 1 N–H and O–H groups in total. The van der Waals surface area contributed by atoms with Gasteiger partial charge in [0.1, 0.15) is 0 Å². The van der Waals surface area contributed by atoms with E-state index in [-0.39, 0.29) is 23.8 Å². The monoisotopic (exact) mass is 189 g/mol. The normalized spacial score (nSPS) is 25.9. The maximum absolute atomic E-state index is 11.5. The topological polar surface area (TPSA) is 40.5 Å². The zero-order valence-corrected chi connectivity index (χ0v) is 8.13. The Labute approximate surface area is 78.2 Å². The molecule has 1 rings (SSSR count). The average Bonchev–Trinajstić information content (AvgIpc) is 2.49. The molecule has 0 saturated carbocycles. The van der Waals surface area contributed by atoms with Gasteiger partial charge in [0, 0.05) is 6.54 Å². The first-order valence-corrected chi connectivity index (χ1v) is 4.78. The van der Waals surface area contributed by atoms with Crippen molar-refractivity contribution in [2.24, 2.45) is 0 Å². The highest BCUT2D eigenvalue weighted by atomic mass is 32.1. The van der Waals surface area contributed by atoms with Crippen LogP contribution in [0.5, 0.6) is 0 Å². The maximum Gasteiger partial charge on any atom is 0.235 e. The lowest BCUT2D eigenvalue weighted by Crippen LogP contribution is -2.41. The largest absolute Gasteiger partial charge is 0.394 e. The Kier molecular flexibility index (Phi) is 3.40. The molecule has 0 aliphatic carbocycles. The third-order valence-corrected chi connectivity index (χ3v) is 2.45. The molecule has 2 unspecified atom stereocenters. The molecule has 0 bridgehead atoms. The van der Waals surface area contributed by atoms with E-state index in [4.69, 9.17) is 5.11 Å². The van der Waals surface area contributed by atoms with Gasteiger partial charge in [0.15, 0.2) is 0 Å².